The Morgan fingerprint density at radius 2 is 2.19 bits per heavy atom. The number of hydrogen-bond donors (Lipinski definition) is 1. The molecular weight excluding hydrogens is 272 g/mol. The standard InChI is InChI=1S/C14H18N4O3/c1-17-12-11(13(19)18(2)14(17)20)10(5-6-15-12)16-8-9-4-3-7-21-9/h5-6,9H,3-4,7-8H2,1-2H3,(H,15,16)/t9-/m0/s1. The molecule has 3 rings (SSSR count). The van der Waals surface area contributed by atoms with E-state index in [0.29, 0.717) is 23.3 Å². The van der Waals surface area contributed by atoms with Crippen LogP contribution in [-0.4, -0.2) is 33.4 Å². The van der Waals surface area contributed by atoms with Crippen molar-refractivity contribution in [2.75, 3.05) is 18.5 Å². The molecule has 0 unspecified atom stereocenters. The minimum Gasteiger partial charge on any atom is -0.382 e. The number of anilines is 1. The lowest BCUT2D eigenvalue weighted by Crippen LogP contribution is -2.37. The second-order valence-corrected chi connectivity index (χ2v) is 5.28. The maximum atomic E-state index is 12.4. The molecule has 3 heterocycles. The van der Waals surface area contributed by atoms with E-state index in [0.717, 1.165) is 24.0 Å². The van der Waals surface area contributed by atoms with E-state index in [9.17, 15) is 9.59 Å². The third-order valence-corrected chi connectivity index (χ3v) is 3.89. The summed E-state index contributed by atoms with van der Waals surface area (Å²) in [5.41, 5.74) is 0.361. The SMILES string of the molecule is Cn1c(=O)c2c(NC[C@@H]3CCCO3)ccnc2n(C)c1=O. The van der Waals surface area contributed by atoms with Gasteiger partial charge in [-0.1, -0.05) is 0 Å². The van der Waals surface area contributed by atoms with Gasteiger partial charge in [-0.05, 0) is 18.9 Å². The lowest BCUT2D eigenvalue weighted by Gasteiger charge is -2.14. The van der Waals surface area contributed by atoms with Gasteiger partial charge in [0, 0.05) is 33.4 Å². The average Bonchev–Trinajstić information content (AvgIpc) is 3.01. The number of nitrogens with one attached hydrogen (secondary N) is 1. The molecule has 0 bridgehead atoms. The molecule has 0 spiro atoms. The van der Waals surface area contributed by atoms with Crippen molar-refractivity contribution < 1.29 is 4.74 Å². The molecule has 7 nitrogen and oxygen atoms in total. The zero-order valence-electron chi connectivity index (χ0n) is 12.1. The first-order valence-corrected chi connectivity index (χ1v) is 7.00. The van der Waals surface area contributed by atoms with Crippen LogP contribution >= 0.6 is 0 Å². The Bertz CT molecular complexity index is 787. The summed E-state index contributed by atoms with van der Waals surface area (Å²) < 4.78 is 8.05. The summed E-state index contributed by atoms with van der Waals surface area (Å²) in [6, 6.07) is 1.75. The van der Waals surface area contributed by atoms with Crippen molar-refractivity contribution in [3.63, 3.8) is 0 Å². The summed E-state index contributed by atoms with van der Waals surface area (Å²) in [4.78, 5) is 28.4. The van der Waals surface area contributed by atoms with Crippen molar-refractivity contribution in [3.05, 3.63) is 33.1 Å². The molecule has 1 atom stereocenters. The number of hydrogen-bond acceptors (Lipinski definition) is 5. The first-order chi connectivity index (χ1) is 10.1. The molecule has 2 aromatic heterocycles. The van der Waals surface area contributed by atoms with Gasteiger partial charge in [-0.15, -0.1) is 0 Å². The second kappa shape index (κ2) is 5.33. The van der Waals surface area contributed by atoms with Crippen LogP contribution in [0.3, 0.4) is 0 Å². The van der Waals surface area contributed by atoms with E-state index in [1.165, 1.54) is 11.6 Å². The Labute approximate surface area is 121 Å². The molecule has 7 heteroatoms. The van der Waals surface area contributed by atoms with Gasteiger partial charge in [-0.25, -0.2) is 9.78 Å². The maximum Gasteiger partial charge on any atom is 0.332 e. The summed E-state index contributed by atoms with van der Waals surface area (Å²) >= 11 is 0. The van der Waals surface area contributed by atoms with Gasteiger partial charge in [0.05, 0.1) is 11.8 Å². The van der Waals surface area contributed by atoms with Crippen LogP contribution in [0.2, 0.25) is 0 Å². The van der Waals surface area contributed by atoms with Crippen LogP contribution in [0.4, 0.5) is 5.69 Å². The van der Waals surface area contributed by atoms with E-state index in [1.54, 1.807) is 19.3 Å². The number of aryl methyl sites for hydroxylation is 1. The van der Waals surface area contributed by atoms with Gasteiger partial charge in [0.1, 0.15) is 5.39 Å². The monoisotopic (exact) mass is 290 g/mol. The predicted molar refractivity (Wildman–Crippen MR) is 79.7 cm³/mol. The predicted octanol–water partition coefficient (Wildman–Crippen LogP) is 0.223. The van der Waals surface area contributed by atoms with Gasteiger partial charge in [0.15, 0.2) is 5.65 Å². The first-order valence-electron chi connectivity index (χ1n) is 7.00. The molecule has 21 heavy (non-hydrogen) atoms. The Morgan fingerprint density at radius 3 is 2.90 bits per heavy atom. The second-order valence-electron chi connectivity index (χ2n) is 5.28. The Kier molecular flexibility index (Phi) is 3.50. The lowest BCUT2D eigenvalue weighted by atomic mass is 10.2. The van der Waals surface area contributed by atoms with Crippen molar-refractivity contribution in [1.29, 1.82) is 0 Å². The third-order valence-electron chi connectivity index (χ3n) is 3.89. The van der Waals surface area contributed by atoms with Crippen LogP contribution in [0.5, 0.6) is 0 Å². The van der Waals surface area contributed by atoms with E-state index < -0.39 is 0 Å². The molecule has 0 saturated carbocycles. The summed E-state index contributed by atoms with van der Waals surface area (Å²) in [5, 5.41) is 3.68. The zero-order chi connectivity index (χ0) is 15.0. The molecule has 1 aliphatic heterocycles. The summed E-state index contributed by atoms with van der Waals surface area (Å²) in [6.07, 6.45) is 3.86. The molecule has 1 N–H and O–H groups in total. The summed E-state index contributed by atoms with van der Waals surface area (Å²) in [5.74, 6) is 0. The summed E-state index contributed by atoms with van der Waals surface area (Å²) in [7, 11) is 3.09. The molecule has 0 radical (unpaired) electrons. The van der Waals surface area contributed by atoms with Gasteiger partial charge < -0.3 is 10.1 Å². The fraction of sp³-hybridized carbons (Fsp3) is 0.500. The number of ether oxygens (including phenoxy) is 1. The highest BCUT2D eigenvalue weighted by atomic mass is 16.5. The number of pyridine rings is 1. The Morgan fingerprint density at radius 1 is 1.38 bits per heavy atom. The molecule has 112 valence electrons. The van der Waals surface area contributed by atoms with E-state index >= 15 is 0 Å². The van der Waals surface area contributed by atoms with Gasteiger partial charge in [0.2, 0.25) is 0 Å². The Hall–Kier alpha value is -2.15. The van der Waals surface area contributed by atoms with Gasteiger partial charge >= 0.3 is 5.69 Å². The van der Waals surface area contributed by atoms with E-state index in [4.69, 9.17) is 4.74 Å². The van der Waals surface area contributed by atoms with Crippen LogP contribution in [0.15, 0.2) is 21.9 Å². The molecule has 1 fully saturated rings. The molecular formula is C14H18N4O3. The van der Waals surface area contributed by atoms with Crippen LogP contribution in [-0.2, 0) is 18.8 Å². The van der Waals surface area contributed by atoms with E-state index in [2.05, 4.69) is 10.3 Å². The first kappa shape index (κ1) is 13.8. The minimum absolute atomic E-state index is 0.171. The highest BCUT2D eigenvalue weighted by Gasteiger charge is 2.17. The molecule has 0 amide bonds. The largest absolute Gasteiger partial charge is 0.382 e. The zero-order valence-corrected chi connectivity index (χ0v) is 12.1. The lowest BCUT2D eigenvalue weighted by molar-refractivity contribution is 0.120. The van der Waals surface area contributed by atoms with Gasteiger partial charge in [0.25, 0.3) is 5.56 Å². The highest BCUT2D eigenvalue weighted by molar-refractivity contribution is 5.88. The molecule has 0 aromatic carbocycles. The normalized spacial score (nSPS) is 18.3. The van der Waals surface area contributed by atoms with Crippen molar-refractivity contribution in [1.82, 2.24) is 14.1 Å². The van der Waals surface area contributed by atoms with Crippen molar-refractivity contribution in [2.24, 2.45) is 14.1 Å². The molecule has 1 aliphatic rings. The number of rotatable bonds is 3. The number of fused-ring (bicyclic) bond motifs is 1. The van der Waals surface area contributed by atoms with Crippen LogP contribution < -0.4 is 16.6 Å². The topological polar surface area (TPSA) is 78.2 Å². The fourth-order valence-corrected chi connectivity index (χ4v) is 2.66. The van der Waals surface area contributed by atoms with Gasteiger partial charge in [-0.3, -0.25) is 13.9 Å². The summed E-state index contributed by atoms with van der Waals surface area (Å²) in [6.45, 7) is 1.44. The van der Waals surface area contributed by atoms with Gasteiger partial charge in [-0.2, -0.15) is 0 Å². The number of aromatic nitrogens is 3. The minimum atomic E-state index is -0.378. The van der Waals surface area contributed by atoms with E-state index in [1.807, 2.05) is 0 Å². The average molecular weight is 290 g/mol. The quantitative estimate of drug-likeness (QED) is 0.875. The smallest absolute Gasteiger partial charge is 0.332 e. The van der Waals surface area contributed by atoms with Crippen LogP contribution in [0.1, 0.15) is 12.8 Å². The number of nitrogens with zero attached hydrogens (tertiary/aromatic N) is 3. The van der Waals surface area contributed by atoms with Crippen LogP contribution in [0, 0.1) is 0 Å². The van der Waals surface area contributed by atoms with Crippen molar-refractivity contribution in [3.8, 4) is 0 Å². The van der Waals surface area contributed by atoms with Crippen molar-refractivity contribution in [2.45, 2.75) is 18.9 Å². The fourth-order valence-electron chi connectivity index (χ4n) is 2.66. The van der Waals surface area contributed by atoms with Crippen LogP contribution in [0.25, 0.3) is 11.0 Å². The Balaban J connectivity index is 2.06. The van der Waals surface area contributed by atoms with Crippen molar-refractivity contribution >= 4 is 16.7 Å². The highest BCUT2D eigenvalue weighted by Crippen LogP contribution is 2.18. The maximum absolute atomic E-state index is 12.4. The molecule has 1 saturated heterocycles. The molecule has 0 aliphatic carbocycles. The third kappa shape index (κ3) is 2.33. The molecule has 2 aromatic rings. The van der Waals surface area contributed by atoms with E-state index in [-0.39, 0.29) is 17.4 Å².